The number of methoxy groups -OCH3 is 1. The van der Waals surface area contributed by atoms with Crippen LogP contribution in [0.5, 0.6) is 0 Å². The number of benzene rings is 1. The SMILES string of the molecule is CCNC(=NCc1ccc(NCCOC)cc1)NCC(C(C)C)N1CCOCC1. The molecule has 2 rings (SSSR count). The zero-order valence-electron chi connectivity index (χ0n) is 18.5. The van der Waals surface area contributed by atoms with Gasteiger partial charge in [0.15, 0.2) is 5.96 Å². The molecule has 1 aromatic carbocycles. The van der Waals surface area contributed by atoms with Gasteiger partial charge in [0.2, 0.25) is 0 Å². The van der Waals surface area contributed by atoms with E-state index in [0.29, 0.717) is 25.1 Å². The lowest BCUT2D eigenvalue weighted by Gasteiger charge is -2.37. The highest BCUT2D eigenvalue weighted by molar-refractivity contribution is 5.79. The summed E-state index contributed by atoms with van der Waals surface area (Å²) in [6.45, 7) is 14.2. The van der Waals surface area contributed by atoms with Crippen molar-refractivity contribution in [2.75, 3.05) is 65.0 Å². The van der Waals surface area contributed by atoms with E-state index in [0.717, 1.165) is 57.6 Å². The van der Waals surface area contributed by atoms with E-state index in [1.807, 2.05) is 0 Å². The van der Waals surface area contributed by atoms with Crippen molar-refractivity contribution in [2.45, 2.75) is 33.4 Å². The van der Waals surface area contributed by atoms with Gasteiger partial charge in [-0.1, -0.05) is 26.0 Å². The topological polar surface area (TPSA) is 70.2 Å². The molecule has 0 amide bonds. The predicted octanol–water partition coefficient (Wildman–Crippen LogP) is 2.16. The average Bonchev–Trinajstić information content (AvgIpc) is 2.74. The van der Waals surface area contributed by atoms with E-state index >= 15 is 0 Å². The van der Waals surface area contributed by atoms with Crippen molar-refractivity contribution < 1.29 is 9.47 Å². The molecular weight excluding hydrogens is 366 g/mol. The van der Waals surface area contributed by atoms with Gasteiger partial charge in [-0.2, -0.15) is 0 Å². The largest absolute Gasteiger partial charge is 0.383 e. The van der Waals surface area contributed by atoms with Gasteiger partial charge < -0.3 is 25.4 Å². The Balaban J connectivity index is 1.89. The van der Waals surface area contributed by atoms with Crippen molar-refractivity contribution in [3.63, 3.8) is 0 Å². The number of anilines is 1. The van der Waals surface area contributed by atoms with Crippen LogP contribution in [0.1, 0.15) is 26.3 Å². The van der Waals surface area contributed by atoms with Crippen molar-refractivity contribution in [3.8, 4) is 0 Å². The molecule has 29 heavy (non-hydrogen) atoms. The Hall–Kier alpha value is -1.83. The Morgan fingerprint density at radius 3 is 2.52 bits per heavy atom. The average molecular weight is 406 g/mol. The lowest BCUT2D eigenvalue weighted by molar-refractivity contribution is 0.00752. The minimum absolute atomic E-state index is 0.472. The van der Waals surface area contributed by atoms with Crippen LogP contribution in [0.4, 0.5) is 5.69 Å². The van der Waals surface area contributed by atoms with Gasteiger partial charge in [-0.3, -0.25) is 4.90 Å². The van der Waals surface area contributed by atoms with Gasteiger partial charge in [-0.15, -0.1) is 0 Å². The van der Waals surface area contributed by atoms with Gasteiger partial charge in [0, 0.05) is 51.6 Å². The first-order valence-electron chi connectivity index (χ1n) is 10.8. The number of guanidine groups is 1. The molecule has 1 aliphatic heterocycles. The fourth-order valence-corrected chi connectivity index (χ4v) is 3.43. The highest BCUT2D eigenvalue weighted by Gasteiger charge is 2.23. The molecule has 1 unspecified atom stereocenters. The summed E-state index contributed by atoms with van der Waals surface area (Å²) >= 11 is 0. The van der Waals surface area contributed by atoms with Crippen LogP contribution in [0.2, 0.25) is 0 Å². The fraction of sp³-hybridized carbons (Fsp3) is 0.682. The van der Waals surface area contributed by atoms with Crippen LogP contribution >= 0.6 is 0 Å². The standard InChI is InChI=1S/C22H39N5O2/c1-5-23-22(26-17-21(18(2)3)27-11-14-29-15-12-27)25-16-19-6-8-20(9-7-19)24-10-13-28-4/h6-9,18,21,24H,5,10-17H2,1-4H3,(H2,23,25,26). The van der Waals surface area contributed by atoms with Gasteiger partial charge in [0.25, 0.3) is 0 Å². The van der Waals surface area contributed by atoms with Gasteiger partial charge in [-0.05, 0) is 30.5 Å². The summed E-state index contributed by atoms with van der Waals surface area (Å²) in [5.74, 6) is 1.44. The number of aliphatic imine (C=N–C) groups is 1. The summed E-state index contributed by atoms with van der Waals surface area (Å²) in [5.41, 5.74) is 2.29. The van der Waals surface area contributed by atoms with Crippen molar-refractivity contribution >= 4 is 11.6 Å². The number of nitrogens with one attached hydrogen (secondary N) is 3. The molecule has 0 saturated carbocycles. The van der Waals surface area contributed by atoms with Crippen LogP contribution in [-0.4, -0.2) is 76.6 Å². The Morgan fingerprint density at radius 2 is 1.90 bits per heavy atom. The summed E-state index contributed by atoms with van der Waals surface area (Å²) in [6, 6.07) is 8.89. The molecule has 0 bridgehead atoms. The Bertz CT molecular complexity index is 585. The van der Waals surface area contributed by atoms with E-state index in [9.17, 15) is 0 Å². The van der Waals surface area contributed by atoms with Crippen LogP contribution < -0.4 is 16.0 Å². The fourth-order valence-electron chi connectivity index (χ4n) is 3.43. The van der Waals surface area contributed by atoms with Crippen LogP contribution in [0.25, 0.3) is 0 Å². The summed E-state index contributed by atoms with van der Waals surface area (Å²) in [7, 11) is 1.71. The van der Waals surface area contributed by atoms with Crippen molar-refractivity contribution in [1.82, 2.24) is 15.5 Å². The number of nitrogens with zero attached hydrogens (tertiary/aromatic N) is 2. The lowest BCUT2D eigenvalue weighted by Crippen LogP contribution is -2.52. The minimum Gasteiger partial charge on any atom is -0.383 e. The molecule has 0 radical (unpaired) electrons. The van der Waals surface area contributed by atoms with E-state index in [2.05, 4.69) is 65.9 Å². The molecule has 1 saturated heterocycles. The Morgan fingerprint density at radius 1 is 1.17 bits per heavy atom. The van der Waals surface area contributed by atoms with E-state index in [1.165, 1.54) is 5.56 Å². The van der Waals surface area contributed by atoms with E-state index < -0.39 is 0 Å². The van der Waals surface area contributed by atoms with Gasteiger partial charge >= 0.3 is 0 Å². The maximum atomic E-state index is 5.51. The van der Waals surface area contributed by atoms with Gasteiger partial charge in [0.05, 0.1) is 26.4 Å². The summed E-state index contributed by atoms with van der Waals surface area (Å²) in [5, 5.41) is 10.2. The highest BCUT2D eigenvalue weighted by atomic mass is 16.5. The first-order valence-corrected chi connectivity index (χ1v) is 10.8. The quantitative estimate of drug-likeness (QED) is 0.298. The molecular formula is C22H39N5O2. The first-order chi connectivity index (χ1) is 14.1. The van der Waals surface area contributed by atoms with E-state index in [1.54, 1.807) is 7.11 Å². The van der Waals surface area contributed by atoms with Crippen LogP contribution in [-0.2, 0) is 16.0 Å². The summed E-state index contributed by atoms with van der Waals surface area (Å²) < 4.78 is 10.6. The van der Waals surface area contributed by atoms with Crippen molar-refractivity contribution in [1.29, 1.82) is 0 Å². The normalized spacial score (nSPS) is 16.7. The van der Waals surface area contributed by atoms with Crippen molar-refractivity contribution in [3.05, 3.63) is 29.8 Å². The van der Waals surface area contributed by atoms with Crippen molar-refractivity contribution in [2.24, 2.45) is 10.9 Å². The maximum absolute atomic E-state index is 5.51. The summed E-state index contributed by atoms with van der Waals surface area (Å²) in [6.07, 6.45) is 0. The van der Waals surface area contributed by atoms with Crippen LogP contribution in [0, 0.1) is 5.92 Å². The molecule has 164 valence electrons. The number of hydrogen-bond acceptors (Lipinski definition) is 5. The molecule has 0 aliphatic carbocycles. The minimum atomic E-state index is 0.472. The number of hydrogen-bond donors (Lipinski definition) is 3. The zero-order valence-corrected chi connectivity index (χ0v) is 18.5. The third kappa shape index (κ3) is 8.60. The molecule has 7 nitrogen and oxygen atoms in total. The Labute approximate surface area is 176 Å². The molecule has 1 heterocycles. The van der Waals surface area contributed by atoms with E-state index in [4.69, 9.17) is 14.5 Å². The molecule has 1 fully saturated rings. The number of rotatable bonds is 11. The van der Waals surface area contributed by atoms with Gasteiger partial charge in [0.1, 0.15) is 0 Å². The van der Waals surface area contributed by atoms with Crippen LogP contribution in [0.15, 0.2) is 29.3 Å². The molecule has 3 N–H and O–H groups in total. The molecule has 1 aromatic rings. The number of morpholine rings is 1. The predicted molar refractivity (Wildman–Crippen MR) is 121 cm³/mol. The zero-order chi connectivity index (χ0) is 20.9. The Kier molecular flexibility index (Phi) is 10.8. The third-order valence-corrected chi connectivity index (χ3v) is 5.12. The number of ether oxygens (including phenoxy) is 2. The highest BCUT2D eigenvalue weighted by Crippen LogP contribution is 2.13. The first kappa shape index (κ1) is 23.4. The second kappa shape index (κ2) is 13.4. The van der Waals surface area contributed by atoms with E-state index in [-0.39, 0.29) is 0 Å². The lowest BCUT2D eigenvalue weighted by atomic mass is 10.0. The maximum Gasteiger partial charge on any atom is 0.191 e. The summed E-state index contributed by atoms with van der Waals surface area (Å²) in [4.78, 5) is 7.30. The van der Waals surface area contributed by atoms with Crippen LogP contribution in [0.3, 0.4) is 0 Å². The smallest absolute Gasteiger partial charge is 0.191 e. The second-order valence-corrected chi connectivity index (χ2v) is 7.65. The van der Waals surface area contributed by atoms with Gasteiger partial charge in [-0.25, -0.2) is 4.99 Å². The molecule has 7 heteroatoms. The molecule has 0 aromatic heterocycles. The second-order valence-electron chi connectivity index (χ2n) is 7.65. The molecule has 1 atom stereocenters. The monoisotopic (exact) mass is 405 g/mol. The molecule has 1 aliphatic rings. The third-order valence-electron chi connectivity index (χ3n) is 5.12. The molecule has 0 spiro atoms.